The van der Waals surface area contributed by atoms with E-state index >= 15 is 0 Å². The highest BCUT2D eigenvalue weighted by Gasteiger charge is 2.28. The molecule has 5 nitrogen and oxygen atoms in total. The van der Waals surface area contributed by atoms with Gasteiger partial charge in [0, 0.05) is 6.07 Å². The van der Waals surface area contributed by atoms with Crippen LogP contribution in [0.1, 0.15) is 35.3 Å². The van der Waals surface area contributed by atoms with E-state index in [1.807, 2.05) is 24.3 Å². The fourth-order valence-electron chi connectivity index (χ4n) is 2.66. The van der Waals surface area contributed by atoms with Crippen molar-refractivity contribution in [2.24, 2.45) is 0 Å². The van der Waals surface area contributed by atoms with Gasteiger partial charge in [0.05, 0.1) is 12.7 Å². The zero-order valence-corrected chi connectivity index (χ0v) is 14.9. The van der Waals surface area contributed by atoms with Gasteiger partial charge in [-0.05, 0) is 42.7 Å². The summed E-state index contributed by atoms with van der Waals surface area (Å²) < 4.78 is 15.9. The van der Waals surface area contributed by atoms with Crippen molar-refractivity contribution in [3.05, 3.63) is 64.9 Å². The van der Waals surface area contributed by atoms with Crippen LogP contribution in [0.2, 0.25) is 0 Å². The van der Waals surface area contributed by atoms with Gasteiger partial charge in [0.1, 0.15) is 11.5 Å². The average Bonchev–Trinajstić information content (AvgIpc) is 2.96. The zero-order chi connectivity index (χ0) is 18.7. The van der Waals surface area contributed by atoms with E-state index in [9.17, 15) is 9.59 Å². The Balaban J connectivity index is 1.79. The molecule has 1 atom stereocenters. The molecule has 0 saturated carbocycles. The number of carbonyl (C=O) groups excluding carboxylic acids is 2. The summed E-state index contributed by atoms with van der Waals surface area (Å²) in [7, 11) is 1.30. The molecule has 1 aliphatic rings. The van der Waals surface area contributed by atoms with E-state index in [1.165, 1.54) is 12.7 Å². The number of benzene rings is 2. The Labute approximate surface area is 152 Å². The van der Waals surface area contributed by atoms with Crippen molar-refractivity contribution in [2.75, 3.05) is 7.11 Å². The summed E-state index contributed by atoms with van der Waals surface area (Å²) in [6.07, 6.45) is 1.94. The van der Waals surface area contributed by atoms with E-state index in [-0.39, 0.29) is 11.5 Å². The first-order valence-corrected chi connectivity index (χ1v) is 8.43. The lowest BCUT2D eigenvalue weighted by molar-refractivity contribution is -0.147. The van der Waals surface area contributed by atoms with E-state index in [4.69, 9.17) is 9.47 Å². The minimum Gasteiger partial charge on any atom is -0.479 e. The number of ketones is 1. The molecule has 5 heteroatoms. The number of allylic oxidation sites excluding steroid dienone is 1. The van der Waals surface area contributed by atoms with Gasteiger partial charge < -0.3 is 14.2 Å². The first-order valence-electron chi connectivity index (χ1n) is 8.43. The number of methoxy groups -OCH3 is 1. The maximum absolute atomic E-state index is 12.5. The number of rotatable bonds is 5. The third-order valence-corrected chi connectivity index (χ3v) is 4.17. The third kappa shape index (κ3) is 3.61. The molecule has 2 aromatic rings. The molecule has 2 aromatic carbocycles. The highest BCUT2D eigenvalue weighted by atomic mass is 16.6. The smallest absolute Gasteiger partial charge is 0.346 e. The lowest BCUT2D eigenvalue weighted by Gasteiger charge is -2.12. The summed E-state index contributed by atoms with van der Waals surface area (Å²) in [6, 6.07) is 12.8. The second-order valence-corrected chi connectivity index (χ2v) is 5.98. The normalized spacial score (nSPS) is 15.3. The van der Waals surface area contributed by atoms with Gasteiger partial charge in [-0.1, -0.05) is 31.2 Å². The summed E-state index contributed by atoms with van der Waals surface area (Å²) in [6.45, 7) is 3.69. The second kappa shape index (κ2) is 7.44. The number of ether oxygens (including phenoxy) is 3. The number of hydrogen-bond acceptors (Lipinski definition) is 5. The van der Waals surface area contributed by atoms with Gasteiger partial charge in [-0.2, -0.15) is 0 Å². The van der Waals surface area contributed by atoms with Crippen LogP contribution in [0.25, 0.3) is 6.08 Å². The SMILES string of the molecule is CCc1ccc(C=C2Oc3cc(O[C@@H](C)C(=O)OC)ccc3C2=O)cc1. The molecule has 0 N–H and O–H groups in total. The molecule has 3 rings (SSSR count). The Kier molecular flexibility index (Phi) is 5.07. The number of carbonyl (C=O) groups is 2. The topological polar surface area (TPSA) is 61.8 Å². The molecule has 1 heterocycles. The molecule has 0 amide bonds. The molecule has 26 heavy (non-hydrogen) atoms. The molecule has 0 saturated heterocycles. The van der Waals surface area contributed by atoms with Crippen molar-refractivity contribution < 1.29 is 23.8 Å². The van der Waals surface area contributed by atoms with Crippen LogP contribution in [0.5, 0.6) is 11.5 Å². The van der Waals surface area contributed by atoms with E-state index < -0.39 is 12.1 Å². The first-order chi connectivity index (χ1) is 12.5. The fraction of sp³-hybridized carbons (Fsp3) is 0.238. The monoisotopic (exact) mass is 352 g/mol. The minimum absolute atomic E-state index is 0.174. The maximum Gasteiger partial charge on any atom is 0.346 e. The Morgan fingerprint density at radius 1 is 1.19 bits per heavy atom. The van der Waals surface area contributed by atoms with Crippen LogP contribution in [-0.2, 0) is 16.0 Å². The Bertz CT molecular complexity index is 864. The summed E-state index contributed by atoms with van der Waals surface area (Å²) >= 11 is 0. The number of esters is 1. The fourth-order valence-corrected chi connectivity index (χ4v) is 2.66. The van der Waals surface area contributed by atoms with Crippen molar-refractivity contribution in [1.82, 2.24) is 0 Å². The van der Waals surface area contributed by atoms with E-state index in [2.05, 4.69) is 11.7 Å². The van der Waals surface area contributed by atoms with Crippen LogP contribution in [-0.4, -0.2) is 25.0 Å². The zero-order valence-electron chi connectivity index (χ0n) is 14.9. The highest BCUT2D eigenvalue weighted by molar-refractivity contribution is 6.14. The molecule has 0 aromatic heterocycles. The molecular weight excluding hydrogens is 332 g/mol. The molecule has 0 spiro atoms. The summed E-state index contributed by atoms with van der Waals surface area (Å²) in [4.78, 5) is 24.0. The molecule has 0 radical (unpaired) electrons. The van der Waals surface area contributed by atoms with Gasteiger partial charge in [-0.3, -0.25) is 4.79 Å². The highest BCUT2D eigenvalue weighted by Crippen LogP contribution is 2.35. The van der Waals surface area contributed by atoms with Gasteiger partial charge >= 0.3 is 5.97 Å². The van der Waals surface area contributed by atoms with Crippen LogP contribution in [0.3, 0.4) is 0 Å². The first kappa shape index (κ1) is 17.7. The van der Waals surface area contributed by atoms with Gasteiger partial charge in [-0.25, -0.2) is 4.79 Å². The Hall–Kier alpha value is -3.08. The summed E-state index contributed by atoms with van der Waals surface area (Å²) in [5.74, 6) is 0.470. The summed E-state index contributed by atoms with van der Waals surface area (Å²) in [5, 5.41) is 0. The quantitative estimate of drug-likeness (QED) is 0.605. The standard InChI is InChI=1S/C21H20O5/c1-4-14-5-7-15(8-6-14)11-19-20(22)17-10-9-16(12-18(17)26-19)25-13(2)21(23)24-3/h5-13H,4H2,1-3H3/t13-/m0/s1. The predicted molar refractivity (Wildman–Crippen MR) is 97.3 cm³/mol. The van der Waals surface area contributed by atoms with Crippen molar-refractivity contribution >= 4 is 17.8 Å². The van der Waals surface area contributed by atoms with Crippen molar-refractivity contribution in [2.45, 2.75) is 26.4 Å². The number of fused-ring (bicyclic) bond motifs is 1. The number of aryl methyl sites for hydroxylation is 1. The molecule has 0 aliphatic carbocycles. The number of hydrogen-bond donors (Lipinski definition) is 0. The van der Waals surface area contributed by atoms with E-state index in [0.717, 1.165) is 12.0 Å². The van der Waals surface area contributed by atoms with Crippen LogP contribution in [0, 0.1) is 0 Å². The van der Waals surface area contributed by atoms with Crippen LogP contribution in [0.4, 0.5) is 0 Å². The van der Waals surface area contributed by atoms with Crippen LogP contribution < -0.4 is 9.47 Å². The predicted octanol–water partition coefficient (Wildman–Crippen LogP) is 3.81. The minimum atomic E-state index is -0.748. The van der Waals surface area contributed by atoms with Crippen molar-refractivity contribution in [1.29, 1.82) is 0 Å². The Morgan fingerprint density at radius 3 is 2.58 bits per heavy atom. The van der Waals surface area contributed by atoms with E-state index in [1.54, 1.807) is 31.2 Å². The van der Waals surface area contributed by atoms with Crippen LogP contribution >= 0.6 is 0 Å². The molecule has 0 fully saturated rings. The lowest BCUT2D eigenvalue weighted by Crippen LogP contribution is -2.24. The molecule has 0 unspecified atom stereocenters. The summed E-state index contributed by atoms with van der Waals surface area (Å²) in [5.41, 5.74) is 2.60. The third-order valence-electron chi connectivity index (χ3n) is 4.17. The van der Waals surface area contributed by atoms with E-state index in [0.29, 0.717) is 17.1 Å². The van der Waals surface area contributed by atoms with Gasteiger partial charge in [-0.15, -0.1) is 0 Å². The molecule has 1 aliphatic heterocycles. The largest absolute Gasteiger partial charge is 0.479 e. The van der Waals surface area contributed by atoms with Gasteiger partial charge in [0.2, 0.25) is 5.78 Å². The number of Topliss-reactive ketones (excluding diaryl/α,β-unsaturated/α-hetero) is 1. The maximum atomic E-state index is 12.5. The average molecular weight is 352 g/mol. The molecular formula is C21H20O5. The molecule has 134 valence electrons. The van der Waals surface area contributed by atoms with Crippen molar-refractivity contribution in [3.63, 3.8) is 0 Å². The van der Waals surface area contributed by atoms with Crippen molar-refractivity contribution in [3.8, 4) is 11.5 Å². The Morgan fingerprint density at radius 2 is 1.92 bits per heavy atom. The van der Waals surface area contributed by atoms with Gasteiger partial charge in [0.25, 0.3) is 0 Å². The lowest BCUT2D eigenvalue weighted by atomic mass is 10.1. The second-order valence-electron chi connectivity index (χ2n) is 5.98. The molecule has 0 bridgehead atoms. The van der Waals surface area contributed by atoms with Crippen LogP contribution in [0.15, 0.2) is 48.2 Å². The van der Waals surface area contributed by atoms with Gasteiger partial charge in [0.15, 0.2) is 11.9 Å².